The molecule has 0 atom stereocenters. The van der Waals surface area contributed by atoms with Crippen LogP contribution in [0.2, 0.25) is 0 Å². The molecule has 4 heteroatoms. The Balaban J connectivity index is 0.000001000. The van der Waals surface area contributed by atoms with Gasteiger partial charge in [0.05, 0.1) is 0 Å². The van der Waals surface area contributed by atoms with Gasteiger partial charge in [0.15, 0.2) is 5.69 Å². The van der Waals surface area contributed by atoms with Gasteiger partial charge in [-0.2, -0.15) is 0 Å². The van der Waals surface area contributed by atoms with Crippen molar-refractivity contribution in [3.05, 3.63) is 29.6 Å². The van der Waals surface area contributed by atoms with E-state index in [1.807, 2.05) is 0 Å². The second kappa shape index (κ2) is 4.49. The molecule has 0 saturated heterocycles. The van der Waals surface area contributed by atoms with Gasteiger partial charge in [0.1, 0.15) is 0 Å². The normalized spacial score (nSPS) is 8.45. The maximum atomic E-state index is 10.4. The van der Waals surface area contributed by atoms with Crippen molar-refractivity contribution in [3.8, 4) is 0 Å². The summed E-state index contributed by atoms with van der Waals surface area (Å²) in [6.45, 7) is 1.72. The first-order chi connectivity index (χ1) is 4.72. The first-order valence-electron chi connectivity index (χ1n) is 2.86. The van der Waals surface area contributed by atoms with Crippen LogP contribution in [-0.2, 0) is 0 Å². The number of aryl methyl sites for hydroxylation is 1. The Kier molecular flexibility index (Phi) is 4.33. The van der Waals surface area contributed by atoms with Gasteiger partial charge in [-0.05, 0) is 18.6 Å². The number of nitrogens with zero attached hydrogens (tertiary/aromatic N) is 1. The van der Waals surface area contributed by atoms with Gasteiger partial charge >= 0.3 is 35.5 Å². The number of carboxylic acid groups (broad SMARTS) is 1. The number of aromatic nitrogens is 1. The third kappa shape index (κ3) is 2.61. The van der Waals surface area contributed by atoms with E-state index in [-0.39, 0.29) is 35.3 Å². The summed E-state index contributed by atoms with van der Waals surface area (Å²) in [5.41, 5.74) is 0.817. The van der Waals surface area contributed by atoms with E-state index in [2.05, 4.69) is 4.98 Å². The fourth-order valence-corrected chi connectivity index (χ4v) is 0.710. The van der Waals surface area contributed by atoms with Gasteiger partial charge in [0.2, 0.25) is 0 Å². The number of rotatable bonds is 1. The Morgan fingerprint density at radius 1 is 1.64 bits per heavy atom. The molecule has 0 saturated carbocycles. The first-order valence-corrected chi connectivity index (χ1v) is 2.86. The fourth-order valence-electron chi connectivity index (χ4n) is 0.710. The summed E-state index contributed by atoms with van der Waals surface area (Å²) in [4.78, 5) is 14.0. The first kappa shape index (κ1) is 10.6. The number of hydrogen-bond acceptors (Lipinski definition) is 2. The summed E-state index contributed by atoms with van der Waals surface area (Å²) in [6, 6.07) is 3.43. The molecule has 1 aromatic rings. The van der Waals surface area contributed by atoms with Gasteiger partial charge in [-0.3, -0.25) is 0 Å². The monoisotopic (exact) mass is 161 g/mol. The Labute approximate surface area is 86.8 Å². The standard InChI is InChI=1S/C7H7NO2.Na.H/c1-5-3-2-4-8-6(5)7(9)10;;/h2-4H,1H3,(H,9,10);;. The van der Waals surface area contributed by atoms with Crippen LogP contribution in [0.3, 0.4) is 0 Å². The molecule has 3 nitrogen and oxygen atoms in total. The second-order valence-electron chi connectivity index (χ2n) is 1.97. The van der Waals surface area contributed by atoms with Crippen molar-refractivity contribution in [2.45, 2.75) is 6.92 Å². The molecule has 11 heavy (non-hydrogen) atoms. The molecular weight excluding hydrogens is 153 g/mol. The third-order valence-electron chi connectivity index (χ3n) is 1.21. The van der Waals surface area contributed by atoms with Crippen LogP contribution in [0.4, 0.5) is 0 Å². The summed E-state index contributed by atoms with van der Waals surface area (Å²) in [7, 11) is 0. The average Bonchev–Trinajstić information content (AvgIpc) is 1.88. The molecule has 1 heterocycles. The number of carbonyl (C=O) groups is 1. The Morgan fingerprint density at radius 2 is 2.27 bits per heavy atom. The molecule has 1 rings (SSSR count). The Morgan fingerprint density at radius 3 is 2.64 bits per heavy atom. The average molecular weight is 161 g/mol. The van der Waals surface area contributed by atoms with Crippen LogP contribution in [0.1, 0.15) is 16.1 Å². The minimum absolute atomic E-state index is 0. The van der Waals surface area contributed by atoms with Crippen molar-refractivity contribution in [2.75, 3.05) is 0 Å². The quantitative estimate of drug-likeness (QED) is 0.608. The third-order valence-corrected chi connectivity index (χ3v) is 1.21. The molecule has 1 aromatic heterocycles. The molecule has 0 spiro atoms. The van der Waals surface area contributed by atoms with E-state index in [1.165, 1.54) is 6.20 Å². The topological polar surface area (TPSA) is 50.2 Å². The molecule has 0 aromatic carbocycles. The summed E-state index contributed by atoms with van der Waals surface area (Å²) in [5.74, 6) is -0.974. The minimum atomic E-state index is -0.974. The molecule has 0 aliphatic heterocycles. The van der Waals surface area contributed by atoms with E-state index in [4.69, 9.17) is 5.11 Å². The van der Waals surface area contributed by atoms with Crippen molar-refractivity contribution in [2.24, 2.45) is 0 Å². The van der Waals surface area contributed by atoms with E-state index in [0.29, 0.717) is 5.56 Å². The van der Waals surface area contributed by atoms with Crippen LogP contribution in [0, 0.1) is 6.92 Å². The fraction of sp³-hybridized carbons (Fsp3) is 0.143. The van der Waals surface area contributed by atoms with Gasteiger partial charge in [0, 0.05) is 6.20 Å². The van der Waals surface area contributed by atoms with Crippen molar-refractivity contribution in [3.63, 3.8) is 0 Å². The van der Waals surface area contributed by atoms with E-state index >= 15 is 0 Å². The summed E-state index contributed by atoms with van der Waals surface area (Å²) >= 11 is 0. The van der Waals surface area contributed by atoms with Crippen LogP contribution in [0.15, 0.2) is 18.3 Å². The van der Waals surface area contributed by atoms with Crippen molar-refractivity contribution in [1.29, 1.82) is 0 Å². The van der Waals surface area contributed by atoms with Gasteiger partial charge in [-0.1, -0.05) is 6.07 Å². The second-order valence-corrected chi connectivity index (χ2v) is 1.97. The molecule has 0 bridgehead atoms. The van der Waals surface area contributed by atoms with E-state index in [1.54, 1.807) is 19.1 Å². The molecule has 0 fully saturated rings. The van der Waals surface area contributed by atoms with Gasteiger partial charge in [-0.15, -0.1) is 0 Å². The maximum absolute atomic E-state index is 10.4. The number of aromatic carboxylic acids is 1. The zero-order valence-corrected chi connectivity index (χ0v) is 5.53. The Hall–Kier alpha value is -0.380. The molecule has 0 aliphatic rings. The van der Waals surface area contributed by atoms with Gasteiger partial charge in [0.25, 0.3) is 0 Å². The molecule has 0 unspecified atom stereocenters. The summed E-state index contributed by atoms with van der Waals surface area (Å²) in [6.07, 6.45) is 1.47. The predicted octanol–water partition coefficient (Wildman–Crippen LogP) is 0.440. The van der Waals surface area contributed by atoms with Crippen LogP contribution in [-0.4, -0.2) is 45.6 Å². The summed E-state index contributed by atoms with van der Waals surface area (Å²) < 4.78 is 0. The van der Waals surface area contributed by atoms with Crippen LogP contribution in [0.5, 0.6) is 0 Å². The molecule has 0 radical (unpaired) electrons. The number of hydrogen-bond donors (Lipinski definition) is 1. The van der Waals surface area contributed by atoms with Crippen LogP contribution in [0.25, 0.3) is 0 Å². The van der Waals surface area contributed by atoms with Crippen molar-refractivity contribution >= 4 is 35.5 Å². The van der Waals surface area contributed by atoms with Crippen molar-refractivity contribution in [1.82, 2.24) is 4.98 Å². The molecule has 0 amide bonds. The summed E-state index contributed by atoms with van der Waals surface area (Å²) in [5, 5.41) is 8.50. The zero-order chi connectivity index (χ0) is 7.56. The SMILES string of the molecule is Cc1cccnc1C(=O)O.[NaH]. The molecular formula is C7H8NNaO2. The van der Waals surface area contributed by atoms with E-state index < -0.39 is 5.97 Å². The van der Waals surface area contributed by atoms with Gasteiger partial charge in [-0.25, -0.2) is 9.78 Å². The van der Waals surface area contributed by atoms with Gasteiger partial charge < -0.3 is 5.11 Å². The van der Waals surface area contributed by atoms with Crippen LogP contribution < -0.4 is 0 Å². The zero-order valence-electron chi connectivity index (χ0n) is 5.53. The number of carboxylic acids is 1. The van der Waals surface area contributed by atoms with E-state index in [0.717, 1.165) is 0 Å². The molecule has 54 valence electrons. The van der Waals surface area contributed by atoms with Crippen LogP contribution >= 0.6 is 0 Å². The predicted molar refractivity (Wildman–Crippen MR) is 43.1 cm³/mol. The number of pyridine rings is 1. The van der Waals surface area contributed by atoms with E-state index in [9.17, 15) is 4.79 Å². The van der Waals surface area contributed by atoms with Crippen molar-refractivity contribution < 1.29 is 9.90 Å². The Bertz CT molecular complexity index is 262. The molecule has 0 aliphatic carbocycles. The molecule has 1 N–H and O–H groups in total.